The van der Waals surface area contributed by atoms with Crippen molar-refractivity contribution >= 4 is 28.6 Å². The lowest BCUT2D eigenvalue weighted by atomic mass is 9.95. The van der Waals surface area contributed by atoms with Gasteiger partial charge >= 0.3 is 6.09 Å². The van der Waals surface area contributed by atoms with E-state index in [1.807, 2.05) is 71.6 Å². The predicted molar refractivity (Wildman–Crippen MR) is 205 cm³/mol. The first kappa shape index (κ1) is 35.9. The number of likely N-dealkylation sites (tertiary alicyclic amines) is 1. The maximum atomic E-state index is 13.4. The van der Waals surface area contributed by atoms with Crippen molar-refractivity contribution in [2.24, 2.45) is 0 Å². The van der Waals surface area contributed by atoms with Gasteiger partial charge in [0, 0.05) is 61.8 Å². The van der Waals surface area contributed by atoms with Gasteiger partial charge in [-0.2, -0.15) is 0 Å². The Kier molecular flexibility index (Phi) is 11.1. The number of para-hydroxylation sites is 1. The molecule has 4 aromatic carbocycles. The highest BCUT2D eigenvalue weighted by atomic mass is 16.6. The summed E-state index contributed by atoms with van der Waals surface area (Å²) >= 11 is 0. The van der Waals surface area contributed by atoms with Crippen LogP contribution in [0.2, 0.25) is 0 Å². The number of amides is 2. The molecule has 5 aromatic rings. The first-order valence-electron chi connectivity index (χ1n) is 18.3. The number of aromatic amines is 1. The van der Waals surface area contributed by atoms with Gasteiger partial charge in [0.25, 0.3) is 5.91 Å². The Bertz CT molecular complexity index is 2130. The Balaban J connectivity index is 0.830. The molecular formula is C42H45N5O6. The van der Waals surface area contributed by atoms with Crippen LogP contribution in [-0.2, 0) is 17.6 Å². The van der Waals surface area contributed by atoms with Crippen molar-refractivity contribution in [1.29, 1.82) is 0 Å². The maximum Gasteiger partial charge on any atom is 0.411 e. The zero-order valence-electron chi connectivity index (χ0n) is 29.6. The molecule has 1 atom stereocenters. The fourth-order valence-electron chi connectivity index (χ4n) is 7.35. The summed E-state index contributed by atoms with van der Waals surface area (Å²) in [6.07, 6.45) is 1.62. The first-order chi connectivity index (χ1) is 25.8. The third-order valence-electron chi connectivity index (χ3n) is 10.3. The number of rotatable bonds is 12. The smallest absolute Gasteiger partial charge is 0.411 e. The number of aromatic hydroxyl groups is 1. The van der Waals surface area contributed by atoms with E-state index in [2.05, 4.69) is 26.6 Å². The lowest BCUT2D eigenvalue weighted by Crippen LogP contribution is -2.45. The van der Waals surface area contributed by atoms with Gasteiger partial charge in [0.1, 0.15) is 11.9 Å². The largest absolute Gasteiger partial charge is 0.506 e. The molecule has 11 nitrogen and oxygen atoms in total. The van der Waals surface area contributed by atoms with Gasteiger partial charge in [0.2, 0.25) is 5.56 Å². The molecule has 0 saturated carbocycles. The van der Waals surface area contributed by atoms with E-state index >= 15 is 0 Å². The summed E-state index contributed by atoms with van der Waals surface area (Å²) in [4.78, 5) is 44.8. The molecular weight excluding hydrogens is 670 g/mol. The van der Waals surface area contributed by atoms with E-state index in [1.165, 1.54) is 12.1 Å². The standard InChI is InChI=1S/C42H45N5O6/c48-37-14-12-34(35-13-15-39(50)45-40(35)37)38(49)27-43-20-16-28-10-11-33-30(26-28)17-23-47(41(33)51)25-24-46-21-18-31(19-22-46)53-42(52)44-36-9-5-4-8-32(36)29-6-2-1-3-7-29/h1-15,26,31,38,43,48-49H,16-25,27H2,(H,44,52)(H,45,50)/t38-/m0/s1. The number of aliphatic hydroxyl groups excluding tert-OH is 1. The molecule has 5 N–H and O–H groups in total. The Morgan fingerprint density at radius 3 is 2.51 bits per heavy atom. The average Bonchev–Trinajstić information content (AvgIpc) is 3.17. The Morgan fingerprint density at radius 2 is 1.68 bits per heavy atom. The number of piperidine rings is 1. The molecule has 2 aliphatic rings. The summed E-state index contributed by atoms with van der Waals surface area (Å²) in [5.74, 6) is 0.0235. The summed E-state index contributed by atoms with van der Waals surface area (Å²) in [5, 5.41) is 27.8. The number of ether oxygens (including phenoxy) is 1. The minimum atomic E-state index is -0.823. The molecule has 11 heteroatoms. The minimum Gasteiger partial charge on any atom is -0.506 e. The molecule has 2 amide bonds. The van der Waals surface area contributed by atoms with Gasteiger partial charge < -0.3 is 35.1 Å². The molecule has 0 unspecified atom stereocenters. The van der Waals surface area contributed by atoms with E-state index < -0.39 is 12.2 Å². The fourth-order valence-corrected chi connectivity index (χ4v) is 7.35. The lowest BCUT2D eigenvalue weighted by Gasteiger charge is -2.34. The zero-order chi connectivity index (χ0) is 36.7. The number of carbonyl (C=O) groups is 2. The molecule has 53 heavy (non-hydrogen) atoms. The maximum absolute atomic E-state index is 13.4. The number of phenols is 1. The van der Waals surface area contributed by atoms with Crippen LogP contribution in [0.15, 0.2) is 102 Å². The summed E-state index contributed by atoms with van der Waals surface area (Å²) in [6, 6.07) is 29.8. The molecule has 274 valence electrons. The van der Waals surface area contributed by atoms with Crippen molar-refractivity contribution in [3.8, 4) is 16.9 Å². The molecule has 7 rings (SSSR count). The van der Waals surface area contributed by atoms with E-state index in [9.17, 15) is 24.6 Å². The number of pyridine rings is 1. The summed E-state index contributed by atoms with van der Waals surface area (Å²) in [5.41, 5.74) is 6.25. The summed E-state index contributed by atoms with van der Waals surface area (Å²) < 4.78 is 5.80. The second kappa shape index (κ2) is 16.5. The minimum absolute atomic E-state index is 0.0387. The number of aliphatic hydroxyl groups is 1. The third kappa shape index (κ3) is 8.60. The third-order valence-corrected chi connectivity index (χ3v) is 10.3. The normalized spacial score (nSPS) is 15.6. The van der Waals surface area contributed by atoms with Gasteiger partial charge in [-0.15, -0.1) is 0 Å². The number of carbonyl (C=O) groups excluding carboxylic acids is 2. The van der Waals surface area contributed by atoms with Gasteiger partial charge in [-0.3, -0.25) is 14.9 Å². The summed E-state index contributed by atoms with van der Waals surface area (Å²) in [7, 11) is 0. The zero-order valence-corrected chi connectivity index (χ0v) is 29.6. The molecule has 0 radical (unpaired) electrons. The Hall–Kier alpha value is -5.49. The number of hydrogen-bond acceptors (Lipinski definition) is 8. The van der Waals surface area contributed by atoms with Gasteiger partial charge in [-0.25, -0.2) is 4.79 Å². The van der Waals surface area contributed by atoms with Crippen molar-refractivity contribution in [3.63, 3.8) is 0 Å². The number of benzene rings is 4. The molecule has 2 aliphatic heterocycles. The molecule has 0 aliphatic carbocycles. The number of anilines is 1. The quantitative estimate of drug-likeness (QED) is 0.107. The van der Waals surface area contributed by atoms with Gasteiger partial charge in [0.15, 0.2) is 0 Å². The highest BCUT2D eigenvalue weighted by molar-refractivity contribution is 5.97. The van der Waals surface area contributed by atoms with Crippen LogP contribution in [0.25, 0.3) is 22.0 Å². The van der Waals surface area contributed by atoms with Gasteiger partial charge in [-0.05, 0) is 78.7 Å². The topological polar surface area (TPSA) is 147 Å². The second-order valence-electron chi connectivity index (χ2n) is 13.8. The van der Waals surface area contributed by atoms with Gasteiger partial charge in [0.05, 0.1) is 17.3 Å². The number of hydrogen-bond donors (Lipinski definition) is 5. The molecule has 3 heterocycles. The second-order valence-corrected chi connectivity index (χ2v) is 13.8. The van der Waals surface area contributed by atoms with Crippen molar-refractivity contribution in [3.05, 3.63) is 130 Å². The number of H-pyrrole nitrogens is 1. The predicted octanol–water partition coefficient (Wildman–Crippen LogP) is 5.48. The van der Waals surface area contributed by atoms with Crippen LogP contribution in [0.4, 0.5) is 10.5 Å². The number of aromatic nitrogens is 1. The molecule has 1 fully saturated rings. The van der Waals surface area contributed by atoms with E-state index in [0.717, 1.165) is 78.8 Å². The number of nitrogens with one attached hydrogen (secondary N) is 3. The van der Waals surface area contributed by atoms with E-state index in [1.54, 1.807) is 12.1 Å². The highest BCUT2D eigenvalue weighted by Crippen LogP contribution is 2.30. The SMILES string of the molecule is O=C(Nc1ccccc1-c1ccccc1)OC1CCN(CCN2CCc3cc(CCNC[C@H](O)c4ccc(O)c5[nH]c(=O)ccc45)ccc3C2=O)CC1. The number of fused-ring (bicyclic) bond motifs is 2. The van der Waals surface area contributed by atoms with Gasteiger partial charge in [-0.1, -0.05) is 66.7 Å². The monoisotopic (exact) mass is 715 g/mol. The number of nitrogens with zero attached hydrogens (tertiary/aromatic N) is 2. The summed E-state index contributed by atoms with van der Waals surface area (Å²) in [6.45, 7) is 4.66. The Morgan fingerprint density at radius 1 is 0.887 bits per heavy atom. The molecule has 1 saturated heterocycles. The molecule has 0 spiro atoms. The van der Waals surface area contributed by atoms with Crippen molar-refractivity contribution < 1.29 is 24.5 Å². The highest BCUT2D eigenvalue weighted by Gasteiger charge is 2.27. The number of phenolic OH excluding ortho intramolecular Hbond substituents is 1. The van der Waals surface area contributed by atoms with Crippen molar-refractivity contribution in [2.45, 2.75) is 37.9 Å². The Labute approximate surface area is 308 Å². The van der Waals surface area contributed by atoms with Crippen LogP contribution in [0.3, 0.4) is 0 Å². The van der Waals surface area contributed by atoms with E-state index in [4.69, 9.17) is 4.74 Å². The van der Waals surface area contributed by atoms with Crippen molar-refractivity contribution in [1.82, 2.24) is 20.1 Å². The van der Waals surface area contributed by atoms with Crippen LogP contribution in [0, 0.1) is 0 Å². The molecule has 0 bridgehead atoms. The van der Waals surface area contributed by atoms with Crippen LogP contribution in [-0.4, -0.2) is 88.9 Å². The fraction of sp³-hybridized carbons (Fsp3) is 0.310. The van der Waals surface area contributed by atoms with Crippen LogP contribution in [0.1, 0.15) is 46.0 Å². The lowest BCUT2D eigenvalue weighted by molar-refractivity contribution is 0.0517. The van der Waals surface area contributed by atoms with E-state index in [0.29, 0.717) is 42.6 Å². The van der Waals surface area contributed by atoms with Crippen LogP contribution >= 0.6 is 0 Å². The van der Waals surface area contributed by atoms with Crippen molar-refractivity contribution in [2.75, 3.05) is 51.1 Å². The molecule has 1 aromatic heterocycles. The van der Waals surface area contributed by atoms with Crippen LogP contribution in [0.5, 0.6) is 5.75 Å². The average molecular weight is 716 g/mol. The van der Waals surface area contributed by atoms with Crippen LogP contribution < -0.4 is 16.2 Å². The first-order valence-corrected chi connectivity index (χ1v) is 18.3. The van der Waals surface area contributed by atoms with E-state index in [-0.39, 0.29) is 23.3 Å².